The van der Waals surface area contributed by atoms with E-state index in [1.165, 1.54) is 111 Å². The number of hydrogen-bond donors (Lipinski definition) is 0. The molecule has 0 spiro atoms. The summed E-state index contributed by atoms with van der Waals surface area (Å²) in [5, 5.41) is 0. The molecule has 0 aromatic heterocycles. The van der Waals surface area contributed by atoms with Crippen molar-refractivity contribution in [2.24, 2.45) is 0 Å². The molecule has 7 aromatic carbocycles. The van der Waals surface area contributed by atoms with E-state index in [-0.39, 0.29) is 27.1 Å². The lowest BCUT2D eigenvalue weighted by molar-refractivity contribution is 0.584. The molecule has 0 aliphatic heterocycles. The van der Waals surface area contributed by atoms with Gasteiger partial charge in [-0.2, -0.15) is 0 Å². The van der Waals surface area contributed by atoms with Crippen LogP contribution in [-0.4, -0.2) is 0 Å². The third kappa shape index (κ3) is 6.82. The number of fused-ring (bicyclic) bond motifs is 6. The molecule has 0 heterocycles. The summed E-state index contributed by atoms with van der Waals surface area (Å²) in [7, 11) is 0. The van der Waals surface area contributed by atoms with Crippen LogP contribution in [0.25, 0.3) is 66.8 Å². The Hall–Kier alpha value is -5.46. The van der Waals surface area contributed by atoms with Gasteiger partial charge in [-0.25, -0.2) is 0 Å². The van der Waals surface area contributed by atoms with Gasteiger partial charge < -0.3 is 0 Å². The van der Waals surface area contributed by atoms with Crippen LogP contribution >= 0.6 is 0 Å². The third-order valence-electron chi connectivity index (χ3n) is 14.4. The Morgan fingerprint density at radius 3 is 1.05 bits per heavy atom. The van der Waals surface area contributed by atoms with Crippen LogP contribution in [0.15, 0.2) is 133 Å². The molecular formula is C61H64. The molecule has 0 saturated heterocycles. The van der Waals surface area contributed by atoms with Crippen molar-refractivity contribution in [1.29, 1.82) is 0 Å². The molecule has 0 atom stereocenters. The molecule has 7 aromatic rings. The lowest BCUT2D eigenvalue weighted by Crippen LogP contribution is -2.17. The maximum absolute atomic E-state index is 2.48. The Morgan fingerprint density at radius 1 is 0.295 bits per heavy atom. The van der Waals surface area contributed by atoms with Gasteiger partial charge in [0.1, 0.15) is 0 Å². The lowest BCUT2D eigenvalue weighted by atomic mass is 9.78. The molecule has 61 heavy (non-hydrogen) atoms. The average molecular weight is 797 g/mol. The number of hydrogen-bond acceptors (Lipinski definition) is 0. The van der Waals surface area contributed by atoms with Crippen molar-refractivity contribution in [3.05, 3.63) is 178 Å². The van der Waals surface area contributed by atoms with E-state index in [1.54, 1.807) is 0 Å². The van der Waals surface area contributed by atoms with Gasteiger partial charge in [0.25, 0.3) is 0 Å². The average Bonchev–Trinajstić information content (AvgIpc) is 3.58. The van der Waals surface area contributed by atoms with Crippen molar-refractivity contribution < 1.29 is 0 Å². The van der Waals surface area contributed by atoms with E-state index in [4.69, 9.17) is 0 Å². The minimum atomic E-state index is -0.137. The molecular weight excluding hydrogens is 733 g/mol. The van der Waals surface area contributed by atoms with E-state index < -0.39 is 0 Å². The Morgan fingerprint density at radius 2 is 0.639 bits per heavy atom. The molecule has 308 valence electrons. The number of rotatable bonds is 4. The quantitative estimate of drug-likeness (QED) is 0.166. The first kappa shape index (κ1) is 40.9. The van der Waals surface area contributed by atoms with Crippen molar-refractivity contribution in [3.8, 4) is 66.8 Å². The lowest BCUT2D eigenvalue weighted by Gasteiger charge is -2.26. The molecule has 0 fully saturated rings. The van der Waals surface area contributed by atoms with Crippen molar-refractivity contribution in [2.75, 3.05) is 0 Å². The van der Waals surface area contributed by atoms with Crippen LogP contribution in [0.3, 0.4) is 0 Å². The normalized spacial score (nSPS) is 15.0. The molecule has 0 unspecified atom stereocenters. The van der Waals surface area contributed by atoms with Crippen molar-refractivity contribution in [3.63, 3.8) is 0 Å². The van der Waals surface area contributed by atoms with Crippen molar-refractivity contribution in [2.45, 2.75) is 124 Å². The maximum Gasteiger partial charge on any atom is 0.0159 e. The Bertz CT molecular complexity index is 2870. The van der Waals surface area contributed by atoms with E-state index >= 15 is 0 Å². The summed E-state index contributed by atoms with van der Waals surface area (Å²) in [6.45, 7) is 32.7. The van der Waals surface area contributed by atoms with Crippen molar-refractivity contribution >= 4 is 0 Å². The Balaban J connectivity index is 1.02. The molecule has 0 N–H and O–H groups in total. The zero-order valence-electron chi connectivity index (χ0n) is 39.2. The first-order chi connectivity index (χ1) is 28.5. The largest absolute Gasteiger partial charge is 0.0579 e. The summed E-state index contributed by atoms with van der Waals surface area (Å²) in [4.78, 5) is 0. The fourth-order valence-electron chi connectivity index (χ4n) is 10.4. The van der Waals surface area contributed by atoms with Crippen LogP contribution in [0.5, 0.6) is 0 Å². The topological polar surface area (TPSA) is 0 Å². The van der Waals surface area contributed by atoms with E-state index in [0.29, 0.717) is 0 Å². The van der Waals surface area contributed by atoms with Crippen LogP contribution in [0.2, 0.25) is 0 Å². The summed E-state index contributed by atoms with van der Waals surface area (Å²) >= 11 is 0. The van der Waals surface area contributed by atoms with Gasteiger partial charge in [-0.1, -0.05) is 199 Å². The highest BCUT2D eigenvalue weighted by atomic mass is 14.4. The van der Waals surface area contributed by atoms with Crippen molar-refractivity contribution in [1.82, 2.24) is 0 Å². The van der Waals surface area contributed by atoms with Gasteiger partial charge in [0.05, 0.1) is 0 Å². The molecule has 0 amide bonds. The number of benzene rings is 7. The zero-order valence-corrected chi connectivity index (χ0v) is 39.2. The molecule has 9 rings (SSSR count). The maximum atomic E-state index is 2.48. The monoisotopic (exact) mass is 797 g/mol. The zero-order chi connectivity index (χ0) is 43.6. The van der Waals surface area contributed by atoms with Crippen LogP contribution in [0.4, 0.5) is 0 Å². The summed E-state index contributed by atoms with van der Waals surface area (Å²) in [6.07, 6.45) is 0. The molecule has 0 bridgehead atoms. The van der Waals surface area contributed by atoms with Crippen LogP contribution in [0.1, 0.15) is 135 Å². The fourth-order valence-corrected chi connectivity index (χ4v) is 10.4. The van der Waals surface area contributed by atoms with Gasteiger partial charge in [0, 0.05) is 10.8 Å². The highest BCUT2D eigenvalue weighted by Gasteiger charge is 2.38. The van der Waals surface area contributed by atoms with Gasteiger partial charge in [-0.05, 0) is 159 Å². The molecule has 0 radical (unpaired) electrons. The Labute approximate surface area is 367 Å². The predicted octanol–water partition coefficient (Wildman–Crippen LogP) is 17.2. The molecule has 2 aliphatic carbocycles. The summed E-state index contributed by atoms with van der Waals surface area (Å²) in [6, 6.07) is 52.0. The van der Waals surface area contributed by atoms with E-state index in [2.05, 4.69) is 230 Å². The Kier molecular flexibility index (Phi) is 9.24. The second-order valence-electron chi connectivity index (χ2n) is 22.4. The van der Waals surface area contributed by atoms with Gasteiger partial charge >= 0.3 is 0 Å². The first-order valence-electron chi connectivity index (χ1n) is 22.5. The first-order valence-corrected chi connectivity index (χ1v) is 22.5. The van der Waals surface area contributed by atoms with Gasteiger partial charge in [-0.3, -0.25) is 0 Å². The van der Waals surface area contributed by atoms with E-state index in [9.17, 15) is 0 Å². The predicted molar refractivity (Wildman–Crippen MR) is 264 cm³/mol. The minimum Gasteiger partial charge on any atom is -0.0579 e. The SMILES string of the molecule is Cc1c(-c2ccc(C(C)(C)C)cc2)cc(-c2ccc3c(c2)C(C)(C)c2cc(-c4ccc(-c5ccc6c(c5)C(C)(C)c5cc(C(C)(C)C)ccc5-6)cc4)ccc2-3)cc1C(C)(C)C. The van der Waals surface area contributed by atoms with Gasteiger partial charge in [0.2, 0.25) is 0 Å². The summed E-state index contributed by atoms with van der Waals surface area (Å²) < 4.78 is 0. The molecule has 0 nitrogen and oxygen atoms in total. The second-order valence-corrected chi connectivity index (χ2v) is 22.4. The third-order valence-corrected chi connectivity index (χ3v) is 14.4. The second kappa shape index (κ2) is 13.8. The molecule has 2 aliphatic rings. The highest BCUT2D eigenvalue weighted by molar-refractivity contribution is 5.88. The van der Waals surface area contributed by atoms with E-state index in [0.717, 1.165) is 0 Å². The van der Waals surface area contributed by atoms with E-state index in [1.807, 2.05) is 0 Å². The molecule has 0 heteroatoms. The standard InChI is InChI=1S/C61H64/c1-37-51(40-19-24-45(25-20-40)57(2,3)4)31-44(35-52(37)59(8,9)10)43-23-29-48-47-27-21-41(32-53(47)60(11,12)55(48)34-43)38-15-17-39(18-16-38)42-22-28-49-50-30-26-46(58(5,6)7)36-56(50)61(13,14)54(49)33-42/h15-36H,1-14H3. The van der Waals surface area contributed by atoms with Crippen LogP contribution < -0.4 is 0 Å². The van der Waals surface area contributed by atoms with Gasteiger partial charge in [-0.15, -0.1) is 0 Å². The van der Waals surface area contributed by atoms with Crippen LogP contribution in [-0.2, 0) is 27.1 Å². The fraction of sp³-hybridized carbons (Fsp3) is 0.311. The highest BCUT2D eigenvalue weighted by Crippen LogP contribution is 2.53. The summed E-state index contributed by atoms with van der Waals surface area (Å²) in [5.41, 5.74) is 26.9. The van der Waals surface area contributed by atoms with Crippen LogP contribution in [0, 0.1) is 6.92 Å². The smallest absolute Gasteiger partial charge is 0.0159 e. The minimum absolute atomic E-state index is 0.0163. The summed E-state index contributed by atoms with van der Waals surface area (Å²) in [5.74, 6) is 0. The molecule has 0 saturated carbocycles. The van der Waals surface area contributed by atoms with Gasteiger partial charge in [0.15, 0.2) is 0 Å².